The molecule has 2 aromatic rings. The number of fused-ring (bicyclic) bond motifs is 1. The molecule has 0 aliphatic carbocycles. The molecule has 4 rings (SSSR count). The molecule has 1 fully saturated rings. The molecular formula is C24H22N4O3. The van der Waals surface area contributed by atoms with E-state index in [1.165, 1.54) is 0 Å². The van der Waals surface area contributed by atoms with Gasteiger partial charge in [0.05, 0.1) is 0 Å². The molecule has 1 atom stereocenters. The third kappa shape index (κ3) is 4.14. The van der Waals surface area contributed by atoms with E-state index in [4.69, 9.17) is 6.42 Å². The van der Waals surface area contributed by atoms with Gasteiger partial charge in [0.25, 0.3) is 5.91 Å². The molecule has 31 heavy (non-hydrogen) atoms. The van der Waals surface area contributed by atoms with Crippen LogP contribution in [0.3, 0.4) is 0 Å². The van der Waals surface area contributed by atoms with E-state index in [9.17, 15) is 14.4 Å². The molecule has 0 aromatic heterocycles. The van der Waals surface area contributed by atoms with E-state index in [2.05, 4.69) is 28.4 Å². The van der Waals surface area contributed by atoms with Gasteiger partial charge in [0.2, 0.25) is 5.91 Å². The fraction of sp³-hybridized carbons (Fsp3) is 0.208. The summed E-state index contributed by atoms with van der Waals surface area (Å²) in [6.07, 6.45) is 6.59. The van der Waals surface area contributed by atoms with E-state index in [0.717, 1.165) is 11.1 Å². The zero-order valence-electron chi connectivity index (χ0n) is 16.9. The molecule has 7 nitrogen and oxygen atoms in total. The minimum atomic E-state index is -0.516. The number of benzene rings is 2. The second-order valence-corrected chi connectivity index (χ2v) is 7.56. The van der Waals surface area contributed by atoms with Crippen LogP contribution >= 0.6 is 0 Å². The lowest BCUT2D eigenvalue weighted by Crippen LogP contribution is -2.49. The number of carbonyl (C=O) groups excluding carboxylic acids is 3. The Morgan fingerprint density at radius 1 is 1.26 bits per heavy atom. The number of amides is 4. The number of hydrogen-bond acceptors (Lipinski definition) is 3. The predicted molar refractivity (Wildman–Crippen MR) is 117 cm³/mol. The number of hydrogen-bond donors (Lipinski definition) is 3. The first-order valence-electron chi connectivity index (χ1n) is 9.98. The van der Waals surface area contributed by atoms with E-state index in [1.54, 1.807) is 41.3 Å². The fourth-order valence-corrected chi connectivity index (χ4v) is 3.93. The second kappa shape index (κ2) is 8.36. The number of carbonyl (C=O) groups is 3. The van der Waals surface area contributed by atoms with Crippen molar-refractivity contribution in [3.05, 3.63) is 77.0 Å². The zero-order valence-corrected chi connectivity index (χ0v) is 16.9. The van der Waals surface area contributed by atoms with Crippen molar-refractivity contribution in [3.8, 4) is 12.3 Å². The van der Waals surface area contributed by atoms with Crippen LogP contribution in [0.5, 0.6) is 0 Å². The SMILES string of the molecule is C#Cc1cccc(NC(=O)NCc2cccc3c2CN(C2CCC(=C)NC2=O)C3=O)c1. The molecule has 1 saturated heterocycles. The average Bonchev–Trinajstić information content (AvgIpc) is 3.09. The second-order valence-electron chi connectivity index (χ2n) is 7.56. The van der Waals surface area contributed by atoms with E-state index in [-0.39, 0.29) is 24.4 Å². The van der Waals surface area contributed by atoms with E-state index in [0.29, 0.717) is 41.9 Å². The van der Waals surface area contributed by atoms with Crippen molar-refractivity contribution in [1.29, 1.82) is 0 Å². The van der Waals surface area contributed by atoms with Crippen LogP contribution in [0.2, 0.25) is 0 Å². The van der Waals surface area contributed by atoms with Crippen molar-refractivity contribution in [2.45, 2.75) is 32.0 Å². The smallest absolute Gasteiger partial charge is 0.319 e. The lowest BCUT2D eigenvalue weighted by molar-refractivity contribution is -0.126. The lowest BCUT2D eigenvalue weighted by atomic mass is 10.0. The van der Waals surface area contributed by atoms with Crippen molar-refractivity contribution >= 4 is 23.5 Å². The molecule has 0 spiro atoms. The summed E-state index contributed by atoms with van der Waals surface area (Å²) in [6.45, 7) is 4.37. The van der Waals surface area contributed by atoms with Gasteiger partial charge in [-0.2, -0.15) is 0 Å². The number of rotatable bonds is 4. The Hall–Kier alpha value is -4.05. The Morgan fingerprint density at radius 3 is 2.84 bits per heavy atom. The highest BCUT2D eigenvalue weighted by Crippen LogP contribution is 2.30. The Labute approximate surface area is 180 Å². The summed E-state index contributed by atoms with van der Waals surface area (Å²) in [5.41, 5.74) is 4.18. The van der Waals surface area contributed by atoms with Crippen LogP contribution in [0, 0.1) is 12.3 Å². The zero-order chi connectivity index (χ0) is 22.0. The molecule has 156 valence electrons. The summed E-state index contributed by atoms with van der Waals surface area (Å²) in [6, 6.07) is 11.5. The summed E-state index contributed by atoms with van der Waals surface area (Å²) in [5.74, 6) is 2.16. The number of urea groups is 1. The molecule has 4 amide bonds. The standard InChI is InChI=1S/C24H22N4O3/c1-3-16-6-4-8-18(12-16)27-24(31)25-13-17-7-5-9-19-20(17)14-28(23(19)30)21-11-10-15(2)26-22(21)29/h1,4-9,12,21H,2,10-11,13-14H2,(H,26,29)(H2,25,27,31). The molecule has 1 unspecified atom stereocenters. The van der Waals surface area contributed by atoms with Crippen molar-refractivity contribution in [3.63, 3.8) is 0 Å². The number of anilines is 1. The van der Waals surface area contributed by atoms with Gasteiger partial charge in [-0.05, 0) is 48.2 Å². The molecule has 0 saturated carbocycles. The fourth-order valence-electron chi connectivity index (χ4n) is 3.93. The first-order chi connectivity index (χ1) is 15.0. The molecule has 2 aliphatic heterocycles. The van der Waals surface area contributed by atoms with Crippen LogP contribution in [-0.2, 0) is 17.9 Å². The highest BCUT2D eigenvalue weighted by Gasteiger charge is 2.38. The lowest BCUT2D eigenvalue weighted by Gasteiger charge is -2.31. The van der Waals surface area contributed by atoms with Gasteiger partial charge in [0.15, 0.2) is 0 Å². The molecule has 0 bridgehead atoms. The van der Waals surface area contributed by atoms with Gasteiger partial charge in [-0.1, -0.05) is 30.7 Å². The van der Waals surface area contributed by atoms with Gasteiger partial charge in [0, 0.05) is 35.6 Å². The van der Waals surface area contributed by atoms with Gasteiger partial charge in [-0.15, -0.1) is 6.42 Å². The number of nitrogens with one attached hydrogen (secondary N) is 3. The van der Waals surface area contributed by atoms with Crippen LogP contribution < -0.4 is 16.0 Å². The average molecular weight is 414 g/mol. The Balaban J connectivity index is 1.44. The molecule has 3 N–H and O–H groups in total. The summed E-state index contributed by atoms with van der Waals surface area (Å²) >= 11 is 0. The molecule has 7 heteroatoms. The highest BCUT2D eigenvalue weighted by molar-refractivity contribution is 6.01. The van der Waals surface area contributed by atoms with E-state index >= 15 is 0 Å². The number of nitrogens with zero attached hydrogens (tertiary/aromatic N) is 1. The maximum absolute atomic E-state index is 12.9. The van der Waals surface area contributed by atoms with E-state index in [1.807, 2.05) is 6.07 Å². The van der Waals surface area contributed by atoms with Crippen LogP contribution in [0.25, 0.3) is 0 Å². The van der Waals surface area contributed by atoms with E-state index < -0.39 is 6.04 Å². The third-order valence-corrected chi connectivity index (χ3v) is 5.52. The summed E-state index contributed by atoms with van der Waals surface area (Å²) < 4.78 is 0. The maximum Gasteiger partial charge on any atom is 0.319 e. The van der Waals surface area contributed by atoms with Crippen LogP contribution in [0.4, 0.5) is 10.5 Å². The highest BCUT2D eigenvalue weighted by atomic mass is 16.2. The molecule has 0 radical (unpaired) electrons. The summed E-state index contributed by atoms with van der Waals surface area (Å²) in [7, 11) is 0. The summed E-state index contributed by atoms with van der Waals surface area (Å²) in [4.78, 5) is 39.2. The topological polar surface area (TPSA) is 90.5 Å². The first-order valence-corrected chi connectivity index (χ1v) is 9.98. The first kappa shape index (κ1) is 20.2. The van der Waals surface area contributed by atoms with Crippen LogP contribution in [-0.4, -0.2) is 28.8 Å². The minimum absolute atomic E-state index is 0.167. The monoisotopic (exact) mass is 414 g/mol. The Bertz CT molecular complexity index is 1130. The van der Waals surface area contributed by atoms with Gasteiger partial charge in [0.1, 0.15) is 6.04 Å². The van der Waals surface area contributed by atoms with Crippen molar-refractivity contribution < 1.29 is 14.4 Å². The minimum Gasteiger partial charge on any atom is -0.334 e. The van der Waals surface area contributed by atoms with Gasteiger partial charge < -0.3 is 20.9 Å². The third-order valence-electron chi connectivity index (χ3n) is 5.52. The molecule has 2 heterocycles. The van der Waals surface area contributed by atoms with Crippen molar-refractivity contribution in [1.82, 2.24) is 15.5 Å². The normalized spacial score (nSPS) is 17.6. The van der Waals surface area contributed by atoms with Crippen LogP contribution in [0.1, 0.15) is 39.9 Å². The number of terminal acetylenes is 1. The maximum atomic E-state index is 12.9. The number of piperidine rings is 1. The predicted octanol–water partition coefficient (Wildman–Crippen LogP) is 2.74. The van der Waals surface area contributed by atoms with Gasteiger partial charge in [-0.25, -0.2) is 4.79 Å². The van der Waals surface area contributed by atoms with Gasteiger partial charge in [-0.3, -0.25) is 9.59 Å². The van der Waals surface area contributed by atoms with Crippen LogP contribution in [0.15, 0.2) is 54.7 Å². The molecular weight excluding hydrogens is 392 g/mol. The largest absolute Gasteiger partial charge is 0.334 e. The Morgan fingerprint density at radius 2 is 2.06 bits per heavy atom. The number of allylic oxidation sites excluding steroid dienone is 1. The van der Waals surface area contributed by atoms with Crippen molar-refractivity contribution in [2.75, 3.05) is 5.32 Å². The van der Waals surface area contributed by atoms with Gasteiger partial charge >= 0.3 is 6.03 Å². The summed E-state index contributed by atoms with van der Waals surface area (Å²) in [5, 5.41) is 8.30. The Kier molecular flexibility index (Phi) is 5.46. The van der Waals surface area contributed by atoms with Crippen molar-refractivity contribution in [2.24, 2.45) is 0 Å². The molecule has 2 aliphatic rings. The quantitative estimate of drug-likeness (QED) is 0.672. The molecule has 2 aromatic carbocycles.